The van der Waals surface area contributed by atoms with Gasteiger partial charge in [-0.2, -0.15) is 0 Å². The summed E-state index contributed by atoms with van der Waals surface area (Å²) < 4.78 is 32.7. The van der Waals surface area contributed by atoms with Crippen molar-refractivity contribution < 1.29 is 13.2 Å². The number of benzene rings is 1. The maximum Gasteiger partial charge on any atom is 0.242 e. The minimum Gasteiger partial charge on any atom is -0.399 e. The number of anilines is 1. The average Bonchev–Trinajstić information content (AvgIpc) is 2.26. The van der Waals surface area contributed by atoms with Crippen LogP contribution in [0.2, 0.25) is 0 Å². The third kappa shape index (κ3) is 5.03. The molecular formula is C11H16Br2N2O3S. The first-order chi connectivity index (χ1) is 8.88. The van der Waals surface area contributed by atoms with Crippen LogP contribution in [0.4, 0.5) is 5.69 Å². The number of nitrogen functional groups attached to an aromatic ring is 1. The highest BCUT2D eigenvalue weighted by Crippen LogP contribution is 2.32. The minimum absolute atomic E-state index is 0.161. The van der Waals surface area contributed by atoms with Gasteiger partial charge in [0.1, 0.15) is 4.90 Å². The molecule has 0 fully saturated rings. The Kier molecular flexibility index (Phi) is 6.75. The number of hydrogen-bond donors (Lipinski definition) is 2. The maximum atomic E-state index is 12.2. The van der Waals surface area contributed by atoms with E-state index in [1.807, 2.05) is 0 Å². The number of rotatable bonds is 7. The number of nitrogens with one attached hydrogen (secondary N) is 1. The molecule has 0 unspecified atom stereocenters. The standard InChI is InChI=1S/C11H16Br2N2O3S/c1-18-5-3-2-4-15-19(16,17)11-9(12)6-8(14)7-10(11)13/h6-7,15H,2-5,14H2,1H3. The van der Waals surface area contributed by atoms with Crippen LogP contribution in [0.15, 0.2) is 26.0 Å². The van der Waals surface area contributed by atoms with E-state index in [-0.39, 0.29) is 4.90 Å². The molecule has 0 spiro atoms. The number of sulfonamides is 1. The summed E-state index contributed by atoms with van der Waals surface area (Å²) in [6, 6.07) is 3.12. The average molecular weight is 416 g/mol. The molecule has 0 aromatic heterocycles. The van der Waals surface area contributed by atoms with Crippen molar-refractivity contribution in [3.05, 3.63) is 21.1 Å². The third-order valence-corrected chi connectivity index (χ3v) is 5.69. The molecule has 3 N–H and O–H groups in total. The van der Waals surface area contributed by atoms with Crippen LogP contribution in [0, 0.1) is 0 Å². The van der Waals surface area contributed by atoms with E-state index in [1.165, 1.54) is 0 Å². The fourth-order valence-electron chi connectivity index (χ4n) is 1.49. The van der Waals surface area contributed by atoms with Gasteiger partial charge in [-0.25, -0.2) is 13.1 Å². The summed E-state index contributed by atoms with van der Waals surface area (Å²) >= 11 is 6.44. The van der Waals surface area contributed by atoms with Gasteiger partial charge in [-0.3, -0.25) is 0 Å². The second-order valence-corrected chi connectivity index (χ2v) is 7.32. The van der Waals surface area contributed by atoms with E-state index >= 15 is 0 Å². The molecule has 0 amide bonds. The van der Waals surface area contributed by atoms with Gasteiger partial charge >= 0.3 is 0 Å². The number of unbranched alkanes of at least 4 members (excludes halogenated alkanes) is 1. The van der Waals surface area contributed by atoms with Crippen molar-refractivity contribution in [2.75, 3.05) is 26.0 Å². The second kappa shape index (κ2) is 7.58. The highest BCUT2D eigenvalue weighted by Gasteiger charge is 2.21. The predicted molar refractivity (Wildman–Crippen MR) is 82.6 cm³/mol. The molecular weight excluding hydrogens is 400 g/mol. The van der Waals surface area contributed by atoms with E-state index in [2.05, 4.69) is 36.6 Å². The van der Waals surface area contributed by atoms with Gasteiger partial charge in [0.15, 0.2) is 0 Å². The lowest BCUT2D eigenvalue weighted by molar-refractivity contribution is 0.193. The van der Waals surface area contributed by atoms with E-state index in [1.54, 1.807) is 19.2 Å². The lowest BCUT2D eigenvalue weighted by Crippen LogP contribution is -2.25. The molecule has 108 valence electrons. The summed E-state index contributed by atoms with van der Waals surface area (Å²) in [4.78, 5) is 0.161. The summed E-state index contributed by atoms with van der Waals surface area (Å²) in [5.41, 5.74) is 6.12. The van der Waals surface area contributed by atoms with Crippen molar-refractivity contribution in [3.63, 3.8) is 0 Å². The number of hydrogen-bond acceptors (Lipinski definition) is 4. The Hall–Kier alpha value is -0.150. The normalized spacial score (nSPS) is 11.7. The van der Waals surface area contributed by atoms with Gasteiger partial charge in [0.05, 0.1) is 0 Å². The van der Waals surface area contributed by atoms with E-state index in [0.717, 1.165) is 12.8 Å². The topological polar surface area (TPSA) is 81.4 Å². The quantitative estimate of drug-likeness (QED) is 0.529. The Balaban J connectivity index is 2.78. The van der Waals surface area contributed by atoms with Gasteiger partial charge in [0, 0.05) is 34.9 Å². The summed E-state index contributed by atoms with van der Waals surface area (Å²) in [6.07, 6.45) is 1.53. The first-order valence-corrected chi connectivity index (χ1v) is 8.68. The minimum atomic E-state index is -3.57. The van der Waals surface area contributed by atoms with Gasteiger partial charge in [0.2, 0.25) is 10.0 Å². The molecule has 5 nitrogen and oxygen atoms in total. The van der Waals surface area contributed by atoms with E-state index < -0.39 is 10.0 Å². The highest BCUT2D eigenvalue weighted by atomic mass is 79.9. The fourth-order valence-corrected chi connectivity index (χ4v) is 5.18. The zero-order valence-electron chi connectivity index (χ0n) is 10.4. The largest absolute Gasteiger partial charge is 0.399 e. The van der Waals surface area contributed by atoms with Crippen molar-refractivity contribution in [3.8, 4) is 0 Å². The van der Waals surface area contributed by atoms with Crippen molar-refractivity contribution in [2.45, 2.75) is 17.7 Å². The molecule has 0 heterocycles. The van der Waals surface area contributed by atoms with Crippen LogP contribution in [0.25, 0.3) is 0 Å². The van der Waals surface area contributed by atoms with Crippen LogP contribution in [-0.4, -0.2) is 28.7 Å². The van der Waals surface area contributed by atoms with Crippen molar-refractivity contribution >= 4 is 47.6 Å². The molecule has 1 aromatic rings. The van der Waals surface area contributed by atoms with Gasteiger partial charge in [-0.15, -0.1) is 0 Å². The molecule has 0 atom stereocenters. The Morgan fingerprint density at radius 1 is 1.26 bits per heavy atom. The number of nitrogens with two attached hydrogens (primary N) is 1. The fraction of sp³-hybridized carbons (Fsp3) is 0.455. The molecule has 1 rings (SSSR count). The predicted octanol–water partition coefficient (Wildman–Crippen LogP) is 2.50. The van der Waals surface area contributed by atoms with Gasteiger partial charge < -0.3 is 10.5 Å². The summed E-state index contributed by atoms with van der Waals surface area (Å²) in [7, 11) is -1.95. The van der Waals surface area contributed by atoms with E-state index in [0.29, 0.717) is 27.8 Å². The molecule has 0 bridgehead atoms. The monoisotopic (exact) mass is 414 g/mol. The second-order valence-electron chi connectivity index (χ2n) is 3.91. The zero-order chi connectivity index (χ0) is 14.5. The van der Waals surface area contributed by atoms with E-state index in [9.17, 15) is 8.42 Å². The van der Waals surface area contributed by atoms with Crippen LogP contribution in [0.1, 0.15) is 12.8 Å². The first-order valence-electron chi connectivity index (χ1n) is 5.61. The van der Waals surface area contributed by atoms with Gasteiger partial charge in [-0.05, 0) is 56.8 Å². The molecule has 0 saturated heterocycles. The van der Waals surface area contributed by atoms with E-state index in [4.69, 9.17) is 10.5 Å². The van der Waals surface area contributed by atoms with Crippen molar-refractivity contribution in [1.82, 2.24) is 4.72 Å². The lowest BCUT2D eigenvalue weighted by atomic mass is 10.3. The Morgan fingerprint density at radius 2 is 1.84 bits per heavy atom. The smallest absolute Gasteiger partial charge is 0.242 e. The Bertz CT molecular complexity index is 512. The van der Waals surface area contributed by atoms with Crippen LogP contribution < -0.4 is 10.5 Å². The third-order valence-electron chi connectivity index (χ3n) is 2.36. The SMILES string of the molecule is COCCCCNS(=O)(=O)c1c(Br)cc(N)cc1Br. The number of ether oxygens (including phenoxy) is 1. The molecule has 0 saturated carbocycles. The van der Waals surface area contributed by atoms with Crippen LogP contribution in [-0.2, 0) is 14.8 Å². The first kappa shape index (κ1) is 16.9. The zero-order valence-corrected chi connectivity index (χ0v) is 14.4. The summed E-state index contributed by atoms with van der Waals surface area (Å²) in [5, 5.41) is 0. The Labute approximate surface area is 130 Å². The molecule has 0 aliphatic carbocycles. The van der Waals surface area contributed by atoms with Gasteiger partial charge in [0.25, 0.3) is 0 Å². The van der Waals surface area contributed by atoms with Crippen LogP contribution in [0.3, 0.4) is 0 Å². The Morgan fingerprint density at radius 3 is 2.37 bits per heavy atom. The summed E-state index contributed by atoms with van der Waals surface area (Å²) in [5.74, 6) is 0. The highest BCUT2D eigenvalue weighted by molar-refractivity contribution is 9.11. The molecule has 8 heteroatoms. The molecule has 19 heavy (non-hydrogen) atoms. The van der Waals surface area contributed by atoms with Crippen LogP contribution >= 0.6 is 31.9 Å². The molecule has 0 radical (unpaired) electrons. The van der Waals surface area contributed by atoms with Crippen LogP contribution in [0.5, 0.6) is 0 Å². The summed E-state index contributed by atoms with van der Waals surface area (Å²) in [6.45, 7) is 0.992. The number of methoxy groups -OCH3 is 1. The van der Waals surface area contributed by atoms with Crippen molar-refractivity contribution in [2.24, 2.45) is 0 Å². The van der Waals surface area contributed by atoms with Crippen molar-refractivity contribution in [1.29, 1.82) is 0 Å². The molecule has 0 aliphatic heterocycles. The maximum absolute atomic E-state index is 12.2. The molecule has 0 aliphatic rings. The number of halogens is 2. The van der Waals surface area contributed by atoms with Gasteiger partial charge in [-0.1, -0.05) is 0 Å². The molecule has 1 aromatic carbocycles. The lowest BCUT2D eigenvalue weighted by Gasteiger charge is -2.11.